The third kappa shape index (κ3) is 7.94. The molecule has 0 aliphatic heterocycles. The molecule has 0 fully saturated rings. The molecule has 0 saturated carbocycles. The third-order valence-electron chi connectivity index (χ3n) is 5.01. The lowest BCUT2D eigenvalue weighted by Gasteiger charge is -2.09. The van der Waals surface area contributed by atoms with E-state index >= 15 is 0 Å². The van der Waals surface area contributed by atoms with Gasteiger partial charge in [-0.3, -0.25) is 0 Å². The summed E-state index contributed by atoms with van der Waals surface area (Å²) in [6.07, 6.45) is 3.27. The van der Waals surface area contributed by atoms with Crippen LogP contribution in [-0.2, 0) is 22.9 Å². The first-order valence-electron chi connectivity index (χ1n) is 11.7. The van der Waals surface area contributed by atoms with E-state index in [0.29, 0.717) is 49.4 Å². The minimum absolute atomic E-state index is 0.351. The number of nitrogens with zero attached hydrogens (tertiary/aromatic N) is 2. The predicted octanol–water partition coefficient (Wildman–Crippen LogP) is 5.60. The third-order valence-corrected chi connectivity index (χ3v) is 5.01. The Bertz CT molecular complexity index is 1050. The highest BCUT2D eigenvalue weighted by atomic mass is 16.6. The number of hydrogen-bond acceptors (Lipinski definition) is 8. The molecule has 3 rings (SSSR count). The normalized spacial score (nSPS) is 11.0. The van der Waals surface area contributed by atoms with Crippen LogP contribution in [0.1, 0.15) is 36.1 Å². The first-order chi connectivity index (χ1) is 17.7. The van der Waals surface area contributed by atoms with E-state index in [1.54, 1.807) is 26.6 Å². The molecule has 0 radical (unpaired) electrons. The van der Waals surface area contributed by atoms with Gasteiger partial charge in [-0.2, -0.15) is 0 Å². The zero-order chi connectivity index (χ0) is 25.6. The lowest BCUT2D eigenvalue weighted by Crippen LogP contribution is -1.96. The summed E-state index contributed by atoms with van der Waals surface area (Å²) in [6, 6.07) is 19.1. The van der Waals surface area contributed by atoms with Gasteiger partial charge >= 0.3 is 0 Å². The quantitative estimate of drug-likeness (QED) is 0.215. The van der Waals surface area contributed by atoms with Crippen LogP contribution in [0.4, 0.5) is 0 Å². The summed E-state index contributed by atoms with van der Waals surface area (Å²) in [6.45, 7) is 5.71. The highest BCUT2D eigenvalue weighted by Crippen LogP contribution is 2.28. The van der Waals surface area contributed by atoms with Crippen LogP contribution in [0.3, 0.4) is 0 Å². The fraction of sp³-hybridized carbons (Fsp3) is 0.286. The Hall–Kier alpha value is -4.20. The van der Waals surface area contributed by atoms with Crippen LogP contribution < -0.4 is 18.9 Å². The van der Waals surface area contributed by atoms with Crippen molar-refractivity contribution in [2.75, 3.05) is 27.4 Å². The molecule has 0 aromatic heterocycles. The standard InChI is InChI=1S/C28H32N2O6/c1-5-33-25-13-11-23(15-27(25)31-3)17-29-35-19-21-7-9-22(10-8-21)20-36-30-18-24-12-14-26(34-6-2)28(16-24)32-4/h7-18H,5-6,19-20H2,1-4H3. The molecule has 0 bridgehead atoms. The number of hydrogen-bond donors (Lipinski definition) is 0. The van der Waals surface area contributed by atoms with E-state index in [1.807, 2.05) is 74.5 Å². The second-order valence-electron chi connectivity index (χ2n) is 7.52. The van der Waals surface area contributed by atoms with Gasteiger partial charge < -0.3 is 28.6 Å². The number of oxime groups is 2. The molecule has 0 atom stereocenters. The van der Waals surface area contributed by atoms with Crippen LogP contribution >= 0.6 is 0 Å². The second-order valence-corrected chi connectivity index (χ2v) is 7.52. The molecule has 0 N–H and O–H groups in total. The van der Waals surface area contributed by atoms with Crippen molar-refractivity contribution in [3.8, 4) is 23.0 Å². The average Bonchev–Trinajstić information content (AvgIpc) is 2.91. The zero-order valence-corrected chi connectivity index (χ0v) is 21.1. The Morgan fingerprint density at radius 1 is 0.583 bits per heavy atom. The highest BCUT2D eigenvalue weighted by molar-refractivity contribution is 5.81. The van der Waals surface area contributed by atoms with E-state index in [1.165, 1.54) is 0 Å². The summed E-state index contributed by atoms with van der Waals surface area (Å²) in [5, 5.41) is 8.09. The van der Waals surface area contributed by atoms with Gasteiger partial charge in [0.15, 0.2) is 23.0 Å². The van der Waals surface area contributed by atoms with Crippen molar-refractivity contribution in [3.05, 3.63) is 82.9 Å². The van der Waals surface area contributed by atoms with Crippen LogP contribution in [0.2, 0.25) is 0 Å². The molecule has 3 aromatic rings. The molecule has 0 spiro atoms. The van der Waals surface area contributed by atoms with Gasteiger partial charge in [-0.15, -0.1) is 0 Å². The maximum Gasteiger partial charge on any atom is 0.161 e. The Labute approximate surface area is 212 Å². The van der Waals surface area contributed by atoms with Crippen molar-refractivity contribution in [2.45, 2.75) is 27.1 Å². The van der Waals surface area contributed by atoms with Crippen molar-refractivity contribution >= 4 is 12.4 Å². The molecule has 8 heteroatoms. The number of methoxy groups -OCH3 is 2. The predicted molar refractivity (Wildman–Crippen MR) is 140 cm³/mol. The van der Waals surface area contributed by atoms with Gasteiger partial charge in [-0.25, -0.2) is 0 Å². The van der Waals surface area contributed by atoms with E-state index in [-0.39, 0.29) is 0 Å². The van der Waals surface area contributed by atoms with E-state index in [4.69, 9.17) is 28.6 Å². The van der Waals surface area contributed by atoms with Gasteiger partial charge in [0.25, 0.3) is 0 Å². The Morgan fingerprint density at radius 2 is 1.00 bits per heavy atom. The van der Waals surface area contributed by atoms with Gasteiger partial charge in [0.1, 0.15) is 13.2 Å². The molecule has 3 aromatic carbocycles. The van der Waals surface area contributed by atoms with Crippen molar-refractivity contribution in [2.24, 2.45) is 10.3 Å². The second kappa shape index (κ2) is 14.3. The summed E-state index contributed by atoms with van der Waals surface area (Å²) >= 11 is 0. The fourth-order valence-corrected chi connectivity index (χ4v) is 3.23. The monoisotopic (exact) mass is 492 g/mol. The van der Waals surface area contributed by atoms with E-state index in [0.717, 1.165) is 22.3 Å². The van der Waals surface area contributed by atoms with Crippen molar-refractivity contribution in [1.82, 2.24) is 0 Å². The van der Waals surface area contributed by atoms with Gasteiger partial charge in [0.2, 0.25) is 0 Å². The van der Waals surface area contributed by atoms with Crippen molar-refractivity contribution < 1.29 is 28.6 Å². The summed E-state index contributed by atoms with van der Waals surface area (Å²) in [5.74, 6) is 2.71. The Balaban J connectivity index is 1.44. The first kappa shape index (κ1) is 26.4. The maximum atomic E-state index is 5.52. The molecular weight excluding hydrogens is 460 g/mol. The van der Waals surface area contributed by atoms with Crippen LogP contribution in [0.15, 0.2) is 71.0 Å². The van der Waals surface area contributed by atoms with Gasteiger partial charge in [-0.1, -0.05) is 34.6 Å². The lowest BCUT2D eigenvalue weighted by molar-refractivity contribution is 0.130. The van der Waals surface area contributed by atoms with Crippen LogP contribution in [0.25, 0.3) is 0 Å². The molecule has 0 aliphatic rings. The van der Waals surface area contributed by atoms with Crippen molar-refractivity contribution in [1.29, 1.82) is 0 Å². The van der Waals surface area contributed by atoms with E-state index in [9.17, 15) is 0 Å². The highest BCUT2D eigenvalue weighted by Gasteiger charge is 2.05. The lowest BCUT2D eigenvalue weighted by atomic mass is 10.1. The minimum Gasteiger partial charge on any atom is -0.493 e. The van der Waals surface area contributed by atoms with Gasteiger partial charge in [0.05, 0.1) is 39.9 Å². The van der Waals surface area contributed by atoms with Crippen LogP contribution in [0, 0.1) is 0 Å². The number of rotatable bonds is 14. The SMILES string of the molecule is CCOc1ccc(C=NOCc2ccc(CON=Cc3ccc(OCC)c(OC)c3)cc2)cc1OC. The molecule has 0 heterocycles. The summed E-state index contributed by atoms with van der Waals surface area (Å²) in [5.41, 5.74) is 3.69. The minimum atomic E-state index is 0.351. The first-order valence-corrected chi connectivity index (χ1v) is 11.7. The van der Waals surface area contributed by atoms with Gasteiger partial charge in [0, 0.05) is 11.1 Å². The maximum absolute atomic E-state index is 5.52. The van der Waals surface area contributed by atoms with Gasteiger partial charge in [-0.05, 0) is 61.4 Å². The molecule has 36 heavy (non-hydrogen) atoms. The Kier molecular flexibility index (Phi) is 10.5. The average molecular weight is 493 g/mol. The molecule has 0 saturated heterocycles. The van der Waals surface area contributed by atoms with E-state index < -0.39 is 0 Å². The van der Waals surface area contributed by atoms with Crippen LogP contribution in [-0.4, -0.2) is 39.9 Å². The van der Waals surface area contributed by atoms with E-state index in [2.05, 4.69) is 10.3 Å². The topological polar surface area (TPSA) is 80.1 Å². The molecule has 0 unspecified atom stereocenters. The van der Waals surface area contributed by atoms with Crippen LogP contribution in [0.5, 0.6) is 23.0 Å². The summed E-state index contributed by atoms with van der Waals surface area (Å²) in [4.78, 5) is 10.9. The van der Waals surface area contributed by atoms with Crippen molar-refractivity contribution in [3.63, 3.8) is 0 Å². The largest absolute Gasteiger partial charge is 0.493 e. The number of benzene rings is 3. The molecule has 0 amide bonds. The number of ether oxygens (including phenoxy) is 4. The molecule has 0 aliphatic carbocycles. The molecule has 8 nitrogen and oxygen atoms in total. The molecule has 190 valence electrons. The Morgan fingerprint density at radius 3 is 1.36 bits per heavy atom. The molecular formula is C28H32N2O6. The smallest absolute Gasteiger partial charge is 0.161 e. The summed E-state index contributed by atoms with van der Waals surface area (Å²) < 4.78 is 21.7. The zero-order valence-electron chi connectivity index (χ0n) is 21.1. The summed E-state index contributed by atoms with van der Waals surface area (Å²) in [7, 11) is 3.21. The fourth-order valence-electron chi connectivity index (χ4n) is 3.23.